The first-order valence-electron chi connectivity index (χ1n) is 10.4. The van der Waals surface area contributed by atoms with Crippen LogP contribution in [0.1, 0.15) is 31.2 Å². The van der Waals surface area contributed by atoms with Crippen LogP contribution < -0.4 is 11.5 Å². The predicted molar refractivity (Wildman–Crippen MR) is 111 cm³/mol. The molecule has 2 heterocycles. The van der Waals surface area contributed by atoms with Gasteiger partial charge in [-0.2, -0.15) is 0 Å². The Bertz CT molecular complexity index is 580. The topological polar surface area (TPSA) is 95.9 Å². The van der Waals surface area contributed by atoms with Gasteiger partial charge in [0.1, 0.15) is 0 Å². The van der Waals surface area contributed by atoms with Crippen molar-refractivity contribution in [1.29, 1.82) is 0 Å². The first kappa shape index (κ1) is 22.3. The largest absolute Gasteiger partial charge is 0.342 e. The van der Waals surface area contributed by atoms with E-state index >= 15 is 0 Å². The lowest BCUT2D eigenvalue weighted by Gasteiger charge is -2.34. The van der Waals surface area contributed by atoms with E-state index in [0.29, 0.717) is 0 Å². The fourth-order valence-electron chi connectivity index (χ4n) is 3.58. The Morgan fingerprint density at radius 3 is 1.71 bits per heavy atom. The summed E-state index contributed by atoms with van der Waals surface area (Å²) in [5.74, 6) is 0.163. The van der Waals surface area contributed by atoms with Gasteiger partial charge in [-0.1, -0.05) is 43.2 Å². The summed E-state index contributed by atoms with van der Waals surface area (Å²) in [6, 6.07) is 10.4. The molecule has 2 saturated heterocycles. The normalized spacial score (nSPS) is 18.1. The summed E-state index contributed by atoms with van der Waals surface area (Å²) in [5.41, 5.74) is 11.9. The quantitative estimate of drug-likeness (QED) is 0.788. The van der Waals surface area contributed by atoms with E-state index in [1.165, 1.54) is 18.4 Å². The fraction of sp³-hybridized carbons (Fsp3) is 0.619. The van der Waals surface area contributed by atoms with Crippen LogP contribution in [-0.2, 0) is 16.1 Å². The molecule has 4 N–H and O–H groups in total. The van der Waals surface area contributed by atoms with E-state index in [1.807, 2.05) is 15.9 Å². The van der Waals surface area contributed by atoms with Gasteiger partial charge in [-0.3, -0.25) is 14.5 Å². The number of benzene rings is 1. The number of nitrogens with two attached hydrogens (primary N) is 2. The van der Waals surface area contributed by atoms with Gasteiger partial charge in [-0.05, 0) is 18.4 Å². The summed E-state index contributed by atoms with van der Waals surface area (Å²) in [5, 5.41) is 0. The average molecular weight is 390 g/mol. The van der Waals surface area contributed by atoms with E-state index < -0.39 is 0 Å². The summed E-state index contributed by atoms with van der Waals surface area (Å²) >= 11 is 0. The molecule has 28 heavy (non-hydrogen) atoms. The van der Waals surface area contributed by atoms with Crippen LogP contribution in [0.5, 0.6) is 0 Å². The van der Waals surface area contributed by atoms with Gasteiger partial charge in [-0.25, -0.2) is 0 Å². The summed E-state index contributed by atoms with van der Waals surface area (Å²) < 4.78 is 0. The van der Waals surface area contributed by atoms with Crippen LogP contribution in [0.3, 0.4) is 0 Å². The number of likely N-dealkylation sites (tertiary alicyclic amines) is 1. The predicted octanol–water partition coefficient (Wildman–Crippen LogP) is 0.637. The molecule has 156 valence electrons. The molecule has 0 radical (unpaired) electrons. The molecule has 7 nitrogen and oxygen atoms in total. The van der Waals surface area contributed by atoms with Crippen molar-refractivity contribution in [2.75, 3.05) is 52.4 Å². The van der Waals surface area contributed by atoms with Crippen LogP contribution in [0.4, 0.5) is 0 Å². The summed E-state index contributed by atoms with van der Waals surface area (Å²) in [6.45, 7) is 6.53. The van der Waals surface area contributed by atoms with Crippen LogP contribution in [-0.4, -0.2) is 78.9 Å². The first-order valence-corrected chi connectivity index (χ1v) is 10.4. The fourth-order valence-corrected chi connectivity index (χ4v) is 3.58. The zero-order chi connectivity index (χ0) is 20.2. The van der Waals surface area contributed by atoms with Crippen LogP contribution in [0.2, 0.25) is 0 Å². The standard InChI is InChI=1S/C13H19N3O.C8H16N2O/c14-10-13(17)16-8-6-15(7-9-16)11-12-4-2-1-3-5-12;9-7-8(11)10-5-3-1-2-4-6-10/h1-5H,6-11,14H2;1-7,9H2. The Hall–Kier alpha value is -1.96. The van der Waals surface area contributed by atoms with Crippen molar-refractivity contribution in [3.8, 4) is 0 Å². The first-order chi connectivity index (χ1) is 13.6. The number of amides is 2. The van der Waals surface area contributed by atoms with Gasteiger partial charge < -0.3 is 21.3 Å². The Balaban J connectivity index is 0.000000221. The van der Waals surface area contributed by atoms with Crippen molar-refractivity contribution >= 4 is 11.8 Å². The molecular formula is C21H35N5O2. The second kappa shape index (κ2) is 12.5. The number of carbonyl (C=O) groups excluding carboxylic acids is 2. The van der Waals surface area contributed by atoms with Crippen molar-refractivity contribution < 1.29 is 9.59 Å². The zero-order valence-electron chi connectivity index (χ0n) is 16.9. The van der Waals surface area contributed by atoms with Crippen LogP contribution in [0.25, 0.3) is 0 Å². The SMILES string of the molecule is NCC(=O)N1CCCCCC1.NCC(=O)N1CCN(Cc2ccccc2)CC1. The summed E-state index contributed by atoms with van der Waals surface area (Å²) in [4.78, 5) is 28.6. The summed E-state index contributed by atoms with van der Waals surface area (Å²) in [6.07, 6.45) is 4.81. The van der Waals surface area contributed by atoms with Crippen LogP contribution in [0, 0.1) is 0 Å². The van der Waals surface area contributed by atoms with Crippen molar-refractivity contribution in [3.05, 3.63) is 35.9 Å². The average Bonchev–Trinajstić information content (AvgIpc) is 3.04. The van der Waals surface area contributed by atoms with Crippen LogP contribution >= 0.6 is 0 Å². The van der Waals surface area contributed by atoms with Gasteiger partial charge in [0.05, 0.1) is 13.1 Å². The third-order valence-electron chi connectivity index (χ3n) is 5.28. The maximum absolute atomic E-state index is 11.4. The molecule has 2 amide bonds. The highest BCUT2D eigenvalue weighted by Gasteiger charge is 2.19. The number of hydrogen-bond acceptors (Lipinski definition) is 5. The number of nitrogens with zero attached hydrogens (tertiary/aromatic N) is 3. The minimum absolute atomic E-state index is 0.0596. The maximum Gasteiger partial charge on any atom is 0.236 e. The number of hydrogen-bond donors (Lipinski definition) is 2. The van der Waals surface area contributed by atoms with E-state index in [-0.39, 0.29) is 24.9 Å². The summed E-state index contributed by atoms with van der Waals surface area (Å²) in [7, 11) is 0. The van der Waals surface area contributed by atoms with Crippen LogP contribution in [0.15, 0.2) is 30.3 Å². The Labute approximate surface area is 168 Å². The Morgan fingerprint density at radius 2 is 1.21 bits per heavy atom. The van der Waals surface area contributed by atoms with Gasteiger partial charge in [0.15, 0.2) is 0 Å². The van der Waals surface area contributed by atoms with Gasteiger partial charge >= 0.3 is 0 Å². The van der Waals surface area contributed by atoms with Gasteiger partial charge in [0.2, 0.25) is 11.8 Å². The molecule has 2 aliphatic heterocycles. The third-order valence-corrected chi connectivity index (χ3v) is 5.28. The molecule has 2 aliphatic rings. The van der Waals surface area contributed by atoms with Gasteiger partial charge in [0.25, 0.3) is 0 Å². The molecule has 2 fully saturated rings. The highest BCUT2D eigenvalue weighted by Crippen LogP contribution is 2.09. The Kier molecular flexibility index (Phi) is 9.96. The van der Waals surface area contributed by atoms with E-state index in [1.54, 1.807) is 0 Å². The lowest BCUT2D eigenvalue weighted by molar-refractivity contribution is -0.131. The molecule has 0 saturated carbocycles. The lowest BCUT2D eigenvalue weighted by Crippen LogP contribution is -2.49. The molecular weight excluding hydrogens is 354 g/mol. The molecule has 7 heteroatoms. The minimum Gasteiger partial charge on any atom is -0.342 e. The molecule has 0 aliphatic carbocycles. The van der Waals surface area contributed by atoms with E-state index in [2.05, 4.69) is 29.2 Å². The second-order valence-corrected chi connectivity index (χ2v) is 7.35. The second-order valence-electron chi connectivity index (χ2n) is 7.35. The number of piperazine rings is 1. The van der Waals surface area contributed by atoms with Crippen molar-refractivity contribution in [2.24, 2.45) is 11.5 Å². The van der Waals surface area contributed by atoms with E-state index in [4.69, 9.17) is 11.5 Å². The number of carbonyl (C=O) groups is 2. The molecule has 0 aromatic heterocycles. The van der Waals surface area contributed by atoms with Gasteiger partial charge in [-0.15, -0.1) is 0 Å². The van der Waals surface area contributed by atoms with Crippen molar-refractivity contribution in [2.45, 2.75) is 32.2 Å². The van der Waals surface area contributed by atoms with E-state index in [9.17, 15) is 9.59 Å². The number of rotatable bonds is 4. The smallest absolute Gasteiger partial charge is 0.236 e. The molecule has 3 rings (SSSR count). The zero-order valence-corrected chi connectivity index (χ0v) is 16.9. The lowest BCUT2D eigenvalue weighted by atomic mass is 10.2. The van der Waals surface area contributed by atoms with E-state index in [0.717, 1.165) is 58.7 Å². The highest BCUT2D eigenvalue weighted by atomic mass is 16.2. The monoisotopic (exact) mass is 389 g/mol. The Morgan fingerprint density at radius 1 is 0.714 bits per heavy atom. The third kappa shape index (κ3) is 7.58. The molecule has 1 aromatic carbocycles. The molecule has 0 bridgehead atoms. The van der Waals surface area contributed by atoms with Gasteiger partial charge in [0, 0.05) is 45.8 Å². The molecule has 0 unspecified atom stereocenters. The molecule has 1 aromatic rings. The molecule has 0 spiro atoms. The van der Waals surface area contributed by atoms with Crippen molar-refractivity contribution in [3.63, 3.8) is 0 Å². The highest BCUT2D eigenvalue weighted by molar-refractivity contribution is 5.78. The molecule has 0 atom stereocenters. The van der Waals surface area contributed by atoms with Crippen molar-refractivity contribution in [1.82, 2.24) is 14.7 Å². The minimum atomic E-state index is 0.0596. The maximum atomic E-state index is 11.4.